The van der Waals surface area contributed by atoms with Gasteiger partial charge in [0.2, 0.25) is 11.7 Å². The molecule has 2 atom stereocenters. The maximum atomic E-state index is 14.5. The first-order valence-corrected chi connectivity index (χ1v) is 21.1. The number of esters is 1. The van der Waals surface area contributed by atoms with E-state index >= 15 is 0 Å². The van der Waals surface area contributed by atoms with E-state index in [1.165, 1.54) is 21.3 Å². The Kier molecular flexibility index (Phi) is 14.8. The molecule has 3 heterocycles. The van der Waals surface area contributed by atoms with E-state index in [0.29, 0.717) is 85.2 Å². The van der Waals surface area contributed by atoms with Gasteiger partial charge in [0.25, 0.3) is 5.91 Å². The number of piperidine rings is 1. The van der Waals surface area contributed by atoms with E-state index in [-0.39, 0.29) is 35.2 Å². The van der Waals surface area contributed by atoms with E-state index in [4.69, 9.17) is 42.1 Å². The molecule has 0 aliphatic carbocycles. The van der Waals surface area contributed by atoms with Crippen LogP contribution in [-0.4, -0.2) is 130 Å². The highest BCUT2D eigenvalue weighted by molar-refractivity contribution is 6.42. The second-order valence-electron chi connectivity index (χ2n) is 15.3. The molecule has 3 aliphatic rings. The molecular formula is C44H57Cl2N5O7. The van der Waals surface area contributed by atoms with Gasteiger partial charge in [-0.1, -0.05) is 54.4 Å². The predicted molar refractivity (Wildman–Crippen MR) is 226 cm³/mol. The molecule has 2 amide bonds. The Morgan fingerprint density at radius 2 is 1.50 bits per heavy atom. The fourth-order valence-corrected chi connectivity index (χ4v) is 9.12. The number of benzene rings is 3. The van der Waals surface area contributed by atoms with E-state index in [1.54, 1.807) is 12.1 Å². The first-order valence-electron chi connectivity index (χ1n) is 20.4. The van der Waals surface area contributed by atoms with Gasteiger partial charge >= 0.3 is 5.97 Å². The lowest BCUT2D eigenvalue weighted by Crippen LogP contribution is -2.60. The van der Waals surface area contributed by atoms with Crippen LogP contribution in [0.25, 0.3) is 0 Å². The van der Waals surface area contributed by atoms with Gasteiger partial charge in [0.1, 0.15) is 6.04 Å². The molecule has 6 rings (SSSR count). The number of ether oxygens (including phenoxy) is 4. The summed E-state index contributed by atoms with van der Waals surface area (Å²) in [5.74, 6) is 0.968. The SMILES string of the molecule is CCOC(=O)[C@H](CC)N1CCN(N(C(=O)C2CCN(CC[C@@]3(c4ccc(Cl)c(Cl)c4)CCN(C(=O)c4cc(OC)c(OC)c(OC)c4)C3)CC2)c2ccccc2)CC1. The lowest BCUT2D eigenvalue weighted by Gasteiger charge is -2.44. The number of nitrogens with zero attached hydrogens (tertiary/aromatic N) is 5. The largest absolute Gasteiger partial charge is 0.493 e. The number of hydrogen-bond acceptors (Lipinski definition) is 10. The zero-order valence-electron chi connectivity index (χ0n) is 34.4. The van der Waals surface area contributed by atoms with Crippen molar-refractivity contribution >= 4 is 46.7 Å². The molecule has 3 fully saturated rings. The fraction of sp³-hybridized carbons (Fsp3) is 0.523. The Balaban J connectivity index is 1.12. The molecule has 0 aromatic heterocycles. The number of para-hydroxylation sites is 1. The molecule has 0 N–H and O–H groups in total. The summed E-state index contributed by atoms with van der Waals surface area (Å²) >= 11 is 13.0. The fourth-order valence-electron chi connectivity index (χ4n) is 8.83. The van der Waals surface area contributed by atoms with Crippen molar-refractivity contribution in [1.82, 2.24) is 19.7 Å². The monoisotopic (exact) mass is 837 g/mol. The van der Waals surface area contributed by atoms with Crippen molar-refractivity contribution in [3.05, 3.63) is 81.8 Å². The Morgan fingerprint density at radius 3 is 2.09 bits per heavy atom. The summed E-state index contributed by atoms with van der Waals surface area (Å²) in [6, 6.07) is 18.8. The highest BCUT2D eigenvalue weighted by Crippen LogP contribution is 2.43. The number of likely N-dealkylation sites (tertiary alicyclic amines) is 2. The topological polar surface area (TPSA) is 104 Å². The second-order valence-corrected chi connectivity index (χ2v) is 16.1. The molecule has 3 aromatic rings. The van der Waals surface area contributed by atoms with Gasteiger partial charge in [-0.15, -0.1) is 0 Å². The van der Waals surface area contributed by atoms with Crippen LogP contribution in [0.2, 0.25) is 10.0 Å². The Hall–Kier alpha value is -4.07. The van der Waals surface area contributed by atoms with Crippen molar-refractivity contribution in [2.75, 3.05) is 91.8 Å². The zero-order chi connectivity index (χ0) is 41.4. The average molecular weight is 839 g/mol. The molecule has 14 heteroatoms. The maximum absolute atomic E-state index is 14.5. The standard InChI is InChI=1S/C44H57Cl2N5O7/c1-6-37(43(54)58-7-2)48-23-25-50(26-24-48)51(34-11-9-8-10-12-34)42(53)31-15-19-47(20-16-31)21-17-44(33-13-14-35(45)36(46)29-33)18-22-49(30-44)41(52)32-27-38(55-3)40(57-5)39(28-32)56-4/h8-14,27-29,31,37H,6-7,15-26,30H2,1-5H3/t37-,44+/m0/s1. The molecule has 3 aromatic carbocycles. The lowest BCUT2D eigenvalue weighted by atomic mass is 9.76. The van der Waals surface area contributed by atoms with Crippen LogP contribution in [0, 0.1) is 5.92 Å². The minimum Gasteiger partial charge on any atom is -0.493 e. The highest BCUT2D eigenvalue weighted by Gasteiger charge is 2.43. The van der Waals surface area contributed by atoms with Crippen molar-refractivity contribution in [1.29, 1.82) is 0 Å². The summed E-state index contributed by atoms with van der Waals surface area (Å²) < 4.78 is 21.9. The van der Waals surface area contributed by atoms with Crippen molar-refractivity contribution in [3.8, 4) is 17.2 Å². The molecular weight excluding hydrogens is 781 g/mol. The number of piperazine rings is 1. The number of carbonyl (C=O) groups excluding carboxylic acids is 3. The van der Waals surface area contributed by atoms with Crippen LogP contribution >= 0.6 is 23.2 Å². The molecule has 3 saturated heterocycles. The van der Waals surface area contributed by atoms with Crippen LogP contribution in [0.3, 0.4) is 0 Å². The van der Waals surface area contributed by atoms with Gasteiger partial charge in [0, 0.05) is 56.2 Å². The van der Waals surface area contributed by atoms with Crippen LogP contribution in [0.4, 0.5) is 5.69 Å². The van der Waals surface area contributed by atoms with E-state index in [0.717, 1.165) is 56.6 Å². The summed E-state index contributed by atoms with van der Waals surface area (Å²) in [5.41, 5.74) is 2.02. The minimum absolute atomic E-state index is 0.112. The summed E-state index contributed by atoms with van der Waals surface area (Å²) in [6.07, 6.45) is 3.73. The normalized spacial score (nSPS) is 20.1. The van der Waals surface area contributed by atoms with E-state index in [1.807, 2.05) is 72.3 Å². The van der Waals surface area contributed by atoms with Gasteiger partial charge in [-0.25, -0.2) is 10.0 Å². The number of halogens is 2. The third-order valence-corrected chi connectivity index (χ3v) is 12.8. The quantitative estimate of drug-likeness (QED) is 0.152. The molecule has 12 nitrogen and oxygen atoms in total. The van der Waals surface area contributed by atoms with Crippen LogP contribution in [0.1, 0.15) is 61.9 Å². The number of methoxy groups -OCH3 is 3. The van der Waals surface area contributed by atoms with Crippen molar-refractivity contribution in [2.45, 2.75) is 57.4 Å². The van der Waals surface area contributed by atoms with Gasteiger partial charge in [0.15, 0.2) is 11.5 Å². The number of hydrazine groups is 1. The maximum Gasteiger partial charge on any atom is 0.323 e. The summed E-state index contributed by atoms with van der Waals surface area (Å²) in [7, 11) is 4.61. The molecule has 3 aliphatic heterocycles. The summed E-state index contributed by atoms with van der Waals surface area (Å²) in [5, 5.41) is 5.01. The molecule has 0 unspecified atom stereocenters. The van der Waals surface area contributed by atoms with Crippen molar-refractivity contribution in [2.24, 2.45) is 5.92 Å². The second kappa shape index (κ2) is 19.8. The smallest absolute Gasteiger partial charge is 0.323 e. The van der Waals surface area contributed by atoms with Crippen molar-refractivity contribution in [3.63, 3.8) is 0 Å². The molecule has 58 heavy (non-hydrogen) atoms. The number of carbonyl (C=O) groups is 3. The molecule has 0 bridgehead atoms. The Labute approximate surface area is 352 Å². The van der Waals surface area contributed by atoms with Gasteiger partial charge in [0.05, 0.1) is 43.7 Å². The molecule has 0 saturated carbocycles. The average Bonchev–Trinajstić information content (AvgIpc) is 3.70. The van der Waals surface area contributed by atoms with Gasteiger partial charge in [-0.3, -0.25) is 19.3 Å². The minimum atomic E-state index is -0.354. The summed E-state index contributed by atoms with van der Waals surface area (Å²) in [4.78, 5) is 47.7. The molecule has 314 valence electrons. The lowest BCUT2D eigenvalue weighted by molar-refractivity contribution is -0.150. The van der Waals surface area contributed by atoms with E-state index in [2.05, 4.69) is 14.8 Å². The van der Waals surface area contributed by atoms with Gasteiger partial charge in [-0.05, 0) is 101 Å². The Morgan fingerprint density at radius 1 is 0.828 bits per heavy atom. The van der Waals surface area contributed by atoms with Gasteiger partial charge < -0.3 is 28.7 Å². The van der Waals surface area contributed by atoms with E-state index < -0.39 is 0 Å². The number of rotatable bonds is 15. The number of amides is 2. The molecule has 0 radical (unpaired) electrons. The third-order valence-electron chi connectivity index (χ3n) is 12.1. The third kappa shape index (κ3) is 9.52. The number of anilines is 1. The first-order chi connectivity index (χ1) is 28.1. The zero-order valence-corrected chi connectivity index (χ0v) is 35.9. The van der Waals surface area contributed by atoms with E-state index in [9.17, 15) is 14.4 Å². The summed E-state index contributed by atoms with van der Waals surface area (Å²) in [6.45, 7) is 10.2. The van der Waals surface area contributed by atoms with Crippen LogP contribution < -0.4 is 19.2 Å². The number of hydrogen-bond donors (Lipinski definition) is 0. The highest BCUT2D eigenvalue weighted by atomic mass is 35.5. The van der Waals surface area contributed by atoms with Crippen LogP contribution in [0.5, 0.6) is 17.2 Å². The molecule has 0 spiro atoms. The van der Waals surface area contributed by atoms with Crippen LogP contribution in [-0.2, 0) is 19.7 Å². The predicted octanol–water partition coefficient (Wildman–Crippen LogP) is 6.81. The first kappa shape index (κ1) is 43.5. The van der Waals surface area contributed by atoms with Gasteiger partial charge in [-0.2, -0.15) is 0 Å². The Bertz CT molecular complexity index is 1860. The van der Waals surface area contributed by atoms with Crippen molar-refractivity contribution < 1.29 is 33.3 Å². The van der Waals surface area contributed by atoms with Crippen LogP contribution in [0.15, 0.2) is 60.7 Å².